The lowest BCUT2D eigenvalue weighted by Crippen LogP contribution is -2.18. The number of ketones is 1. The van der Waals surface area contributed by atoms with E-state index in [2.05, 4.69) is 4.98 Å². The van der Waals surface area contributed by atoms with Crippen molar-refractivity contribution in [3.8, 4) is 11.5 Å². The highest BCUT2D eigenvalue weighted by molar-refractivity contribution is 7.17. The summed E-state index contributed by atoms with van der Waals surface area (Å²) >= 11 is 7.42. The van der Waals surface area contributed by atoms with E-state index in [1.54, 1.807) is 21.1 Å². The molecule has 0 amide bonds. The smallest absolute Gasteiger partial charge is 0.207 e. The zero-order valence-corrected chi connectivity index (χ0v) is 20.5. The van der Waals surface area contributed by atoms with Crippen LogP contribution < -0.4 is 14.5 Å². The number of anilines is 1. The average Bonchev–Trinajstić information content (AvgIpc) is 3.37. The van der Waals surface area contributed by atoms with Gasteiger partial charge in [-0.25, -0.2) is 9.99 Å². The standard InChI is InChI=1S/C23H22ClN3O3S.ClH/c1-13-22(14(2)28)31-23(25-13)27-19(16-7-10-20(29-3)21(11-16)30-4)12-18(26-27)15-5-8-17(24)9-6-15;/h5-11,19H,12H2,1-4H3;1H. The highest BCUT2D eigenvalue weighted by Gasteiger charge is 2.33. The van der Waals surface area contributed by atoms with Crippen LogP contribution in [0.4, 0.5) is 5.13 Å². The molecule has 0 radical (unpaired) electrons. The third-order valence-electron chi connectivity index (χ3n) is 5.18. The minimum Gasteiger partial charge on any atom is -0.493 e. The van der Waals surface area contributed by atoms with E-state index in [0.717, 1.165) is 16.8 Å². The molecule has 0 bridgehead atoms. The van der Waals surface area contributed by atoms with Gasteiger partial charge in [0.15, 0.2) is 17.3 Å². The molecule has 0 aliphatic carbocycles. The van der Waals surface area contributed by atoms with Gasteiger partial charge in [-0.3, -0.25) is 4.79 Å². The van der Waals surface area contributed by atoms with Gasteiger partial charge in [0.05, 0.1) is 36.5 Å². The second kappa shape index (κ2) is 9.90. The number of thiazole rings is 1. The number of hydrogen-bond donors (Lipinski definition) is 0. The number of aryl methyl sites for hydroxylation is 1. The lowest BCUT2D eigenvalue weighted by Gasteiger charge is -2.22. The van der Waals surface area contributed by atoms with Gasteiger partial charge in [-0.15, -0.1) is 12.4 Å². The van der Waals surface area contributed by atoms with Gasteiger partial charge in [-0.05, 0) is 42.3 Å². The van der Waals surface area contributed by atoms with Crippen LogP contribution in [0.25, 0.3) is 0 Å². The van der Waals surface area contributed by atoms with E-state index < -0.39 is 0 Å². The van der Waals surface area contributed by atoms with Crippen molar-refractivity contribution in [2.75, 3.05) is 19.2 Å². The van der Waals surface area contributed by atoms with E-state index in [-0.39, 0.29) is 24.2 Å². The van der Waals surface area contributed by atoms with Crippen LogP contribution in [0.1, 0.15) is 45.9 Å². The zero-order valence-electron chi connectivity index (χ0n) is 18.1. The van der Waals surface area contributed by atoms with Crippen LogP contribution in [-0.2, 0) is 0 Å². The van der Waals surface area contributed by atoms with Gasteiger partial charge < -0.3 is 9.47 Å². The quantitative estimate of drug-likeness (QED) is 0.389. The number of carbonyl (C=O) groups is 1. The SMILES string of the molecule is COc1ccc(C2CC(c3ccc(Cl)cc3)=NN2c2nc(C)c(C(C)=O)s2)cc1OC.Cl. The molecule has 32 heavy (non-hydrogen) atoms. The van der Waals surface area contributed by atoms with Crippen molar-refractivity contribution in [3.05, 3.63) is 69.2 Å². The number of aromatic nitrogens is 1. The van der Waals surface area contributed by atoms with E-state index in [1.165, 1.54) is 11.3 Å². The summed E-state index contributed by atoms with van der Waals surface area (Å²) in [7, 11) is 3.23. The number of ether oxygens (including phenoxy) is 2. The minimum atomic E-state index is -0.101. The number of methoxy groups -OCH3 is 2. The predicted octanol–water partition coefficient (Wildman–Crippen LogP) is 6.10. The molecule has 6 nitrogen and oxygen atoms in total. The number of hydrogen-bond acceptors (Lipinski definition) is 7. The van der Waals surface area contributed by atoms with Crippen molar-refractivity contribution in [2.24, 2.45) is 5.10 Å². The first-order valence-corrected chi connectivity index (χ1v) is 10.9. The summed E-state index contributed by atoms with van der Waals surface area (Å²) in [6.07, 6.45) is 0.672. The molecule has 0 saturated carbocycles. The molecule has 0 saturated heterocycles. The number of halogens is 2. The molecule has 2 heterocycles. The van der Waals surface area contributed by atoms with Crippen LogP contribution in [0.15, 0.2) is 47.6 Å². The Labute approximate surface area is 202 Å². The van der Waals surface area contributed by atoms with E-state index in [1.807, 2.05) is 54.4 Å². The Morgan fingerprint density at radius 2 is 1.81 bits per heavy atom. The highest BCUT2D eigenvalue weighted by Crippen LogP contribution is 2.41. The lowest BCUT2D eigenvalue weighted by atomic mass is 9.98. The molecule has 9 heteroatoms. The molecule has 1 aliphatic rings. The third kappa shape index (κ3) is 4.60. The maximum absolute atomic E-state index is 12.0. The summed E-state index contributed by atoms with van der Waals surface area (Å²) in [5.74, 6) is 1.32. The van der Waals surface area contributed by atoms with Crippen molar-refractivity contribution in [1.82, 2.24) is 4.98 Å². The number of carbonyl (C=O) groups excluding carboxylic acids is 1. The van der Waals surface area contributed by atoms with E-state index in [9.17, 15) is 4.79 Å². The molecule has 168 valence electrons. The van der Waals surface area contributed by atoms with Crippen LogP contribution >= 0.6 is 35.3 Å². The van der Waals surface area contributed by atoms with Crippen LogP contribution in [0.3, 0.4) is 0 Å². The van der Waals surface area contributed by atoms with Crippen molar-refractivity contribution >= 4 is 52.0 Å². The second-order valence-corrected chi connectivity index (χ2v) is 8.61. The first-order valence-electron chi connectivity index (χ1n) is 9.74. The van der Waals surface area contributed by atoms with Crippen LogP contribution in [0.5, 0.6) is 11.5 Å². The van der Waals surface area contributed by atoms with E-state index in [0.29, 0.717) is 38.6 Å². The zero-order chi connectivity index (χ0) is 22.1. The van der Waals surface area contributed by atoms with Crippen molar-refractivity contribution in [1.29, 1.82) is 0 Å². The molecule has 1 aromatic heterocycles. The molecular formula is C23H23Cl2N3O3S. The lowest BCUT2D eigenvalue weighted by molar-refractivity contribution is 0.102. The molecule has 0 N–H and O–H groups in total. The molecule has 1 unspecified atom stereocenters. The summed E-state index contributed by atoms with van der Waals surface area (Å²) in [6, 6.07) is 13.4. The second-order valence-electron chi connectivity index (χ2n) is 7.20. The van der Waals surface area contributed by atoms with E-state index >= 15 is 0 Å². The Morgan fingerprint density at radius 1 is 1.12 bits per heavy atom. The summed E-state index contributed by atoms with van der Waals surface area (Å²) in [5.41, 5.74) is 3.66. The topological polar surface area (TPSA) is 64.0 Å². The van der Waals surface area contributed by atoms with Crippen molar-refractivity contribution in [2.45, 2.75) is 26.3 Å². The molecule has 2 aromatic carbocycles. The molecule has 0 fully saturated rings. The molecule has 3 aromatic rings. The fraction of sp³-hybridized carbons (Fsp3) is 0.261. The Morgan fingerprint density at radius 3 is 2.41 bits per heavy atom. The maximum atomic E-state index is 12.0. The van der Waals surface area contributed by atoms with Gasteiger partial charge in [0.1, 0.15) is 0 Å². The summed E-state index contributed by atoms with van der Waals surface area (Å²) < 4.78 is 10.9. The maximum Gasteiger partial charge on any atom is 0.207 e. The van der Waals surface area contributed by atoms with Crippen molar-refractivity contribution < 1.29 is 14.3 Å². The van der Waals surface area contributed by atoms with Crippen LogP contribution in [-0.4, -0.2) is 30.7 Å². The Bertz CT molecular complexity index is 1160. The molecule has 1 atom stereocenters. The van der Waals surface area contributed by atoms with Gasteiger partial charge in [0.2, 0.25) is 5.13 Å². The minimum absolute atomic E-state index is 0. The Hall–Kier alpha value is -2.61. The predicted molar refractivity (Wildman–Crippen MR) is 131 cm³/mol. The third-order valence-corrected chi connectivity index (χ3v) is 6.68. The summed E-state index contributed by atoms with van der Waals surface area (Å²) in [4.78, 5) is 17.3. The molecular weight excluding hydrogens is 469 g/mol. The van der Waals surface area contributed by atoms with Crippen molar-refractivity contribution in [3.63, 3.8) is 0 Å². The number of nitrogens with zero attached hydrogens (tertiary/aromatic N) is 3. The number of rotatable bonds is 6. The summed E-state index contributed by atoms with van der Waals surface area (Å²) in [6.45, 7) is 3.41. The number of hydrazone groups is 1. The van der Waals surface area contributed by atoms with E-state index in [4.69, 9.17) is 26.2 Å². The van der Waals surface area contributed by atoms with Gasteiger partial charge in [-0.2, -0.15) is 5.10 Å². The normalized spacial score (nSPS) is 15.2. The van der Waals surface area contributed by atoms with Gasteiger partial charge >= 0.3 is 0 Å². The van der Waals surface area contributed by atoms with Gasteiger partial charge in [0, 0.05) is 18.4 Å². The first-order chi connectivity index (χ1) is 14.9. The highest BCUT2D eigenvalue weighted by atomic mass is 35.5. The Balaban J connectivity index is 0.00000289. The fourth-order valence-electron chi connectivity index (χ4n) is 3.63. The number of benzene rings is 2. The number of Topliss-reactive ketones (excluding diaryl/α,β-unsaturated/α-hetero) is 1. The largest absolute Gasteiger partial charge is 0.493 e. The monoisotopic (exact) mass is 491 g/mol. The molecule has 1 aliphatic heterocycles. The first kappa shape index (κ1) is 24.0. The fourth-order valence-corrected chi connectivity index (χ4v) is 4.72. The molecule has 0 spiro atoms. The average molecular weight is 492 g/mol. The van der Waals surface area contributed by atoms with Crippen LogP contribution in [0, 0.1) is 6.92 Å². The van der Waals surface area contributed by atoms with Gasteiger partial charge in [-0.1, -0.05) is 41.1 Å². The van der Waals surface area contributed by atoms with Gasteiger partial charge in [0.25, 0.3) is 0 Å². The van der Waals surface area contributed by atoms with Crippen LogP contribution in [0.2, 0.25) is 5.02 Å². The summed E-state index contributed by atoms with van der Waals surface area (Å²) in [5, 5.41) is 8.16. The molecule has 4 rings (SSSR count). The Kier molecular flexibility index (Phi) is 7.44.